The van der Waals surface area contributed by atoms with Gasteiger partial charge in [0.25, 0.3) is 0 Å². The van der Waals surface area contributed by atoms with Crippen molar-refractivity contribution in [2.75, 3.05) is 0 Å². The van der Waals surface area contributed by atoms with Crippen molar-refractivity contribution in [3.8, 4) is 0 Å². The molecular formula is C21H48. The average Bonchev–Trinajstić information content (AvgIpc) is 2.53. The molecular weight excluding hydrogens is 252 g/mol. The first-order valence-electron chi connectivity index (χ1n) is 9.23. The predicted molar refractivity (Wildman–Crippen MR) is 107 cm³/mol. The molecule has 21 heavy (non-hydrogen) atoms. The molecule has 0 aliphatic heterocycles. The minimum absolute atomic E-state index is 0.831. The van der Waals surface area contributed by atoms with Gasteiger partial charge in [0, 0.05) is 0 Å². The van der Waals surface area contributed by atoms with Crippen LogP contribution >= 0.6 is 0 Å². The molecule has 0 radical (unpaired) electrons. The smallest absolute Gasteiger partial charge is 0.0328 e. The van der Waals surface area contributed by atoms with Crippen molar-refractivity contribution in [3.63, 3.8) is 0 Å². The third kappa shape index (κ3) is 54.2. The van der Waals surface area contributed by atoms with Gasteiger partial charge in [0.1, 0.15) is 0 Å². The molecule has 0 spiro atoms. The molecule has 0 aromatic rings. The van der Waals surface area contributed by atoms with E-state index >= 15 is 0 Å². The summed E-state index contributed by atoms with van der Waals surface area (Å²) in [6, 6.07) is 0. The number of rotatable bonds is 3. The van der Waals surface area contributed by atoms with Crippen LogP contribution in [0.3, 0.4) is 0 Å². The van der Waals surface area contributed by atoms with Gasteiger partial charge in [0.05, 0.1) is 0 Å². The zero-order valence-electron chi connectivity index (χ0n) is 17.1. The highest BCUT2D eigenvalue weighted by atomic mass is 14.1. The second-order valence-electron chi connectivity index (χ2n) is 4.78. The Kier molecular flexibility index (Phi) is 66.0. The molecule has 0 heterocycles. The first kappa shape index (κ1) is 32.4. The molecule has 0 bridgehead atoms. The van der Waals surface area contributed by atoms with E-state index in [1.165, 1.54) is 32.1 Å². The lowest BCUT2D eigenvalue weighted by atomic mass is 9.88. The zero-order chi connectivity index (χ0) is 18.1. The highest BCUT2D eigenvalue weighted by Crippen LogP contribution is 2.24. The second kappa shape index (κ2) is 42.7. The predicted octanol–water partition coefficient (Wildman–Crippen LogP) is 8.69. The SMILES string of the molecule is C=C.C=CCC(C)CC.CC.CC.CC1CCC1.CCC. The summed E-state index contributed by atoms with van der Waals surface area (Å²) in [5, 5.41) is 0. The number of hydrogen-bond donors (Lipinski definition) is 0. The van der Waals surface area contributed by atoms with Crippen LogP contribution in [0.1, 0.15) is 101 Å². The van der Waals surface area contributed by atoms with E-state index in [9.17, 15) is 0 Å². The summed E-state index contributed by atoms with van der Waals surface area (Å²) in [5.41, 5.74) is 0. The molecule has 0 heteroatoms. The van der Waals surface area contributed by atoms with E-state index in [0.717, 1.165) is 18.3 Å². The minimum atomic E-state index is 0.831. The molecule has 1 saturated carbocycles. The fourth-order valence-electron chi connectivity index (χ4n) is 1.06. The molecule has 0 nitrogen and oxygen atoms in total. The van der Waals surface area contributed by atoms with Gasteiger partial charge in [0.2, 0.25) is 0 Å². The van der Waals surface area contributed by atoms with Gasteiger partial charge in [-0.1, -0.05) is 100 Å². The summed E-state index contributed by atoms with van der Waals surface area (Å²) < 4.78 is 0. The quantitative estimate of drug-likeness (QED) is 0.457. The first-order chi connectivity index (χ1) is 10.1. The zero-order valence-corrected chi connectivity index (χ0v) is 17.1. The van der Waals surface area contributed by atoms with Gasteiger partial charge in [0.15, 0.2) is 0 Å². The Bertz CT molecular complexity index is 122. The Morgan fingerprint density at radius 2 is 1.29 bits per heavy atom. The topological polar surface area (TPSA) is 0 Å². The van der Waals surface area contributed by atoms with Crippen molar-refractivity contribution >= 4 is 0 Å². The van der Waals surface area contributed by atoms with E-state index in [4.69, 9.17) is 0 Å². The molecule has 0 aromatic heterocycles. The van der Waals surface area contributed by atoms with Crippen LogP contribution in [0.15, 0.2) is 25.8 Å². The third-order valence-electron chi connectivity index (χ3n) is 2.66. The van der Waals surface area contributed by atoms with Crippen molar-refractivity contribution in [1.29, 1.82) is 0 Å². The van der Waals surface area contributed by atoms with Gasteiger partial charge in [-0.15, -0.1) is 19.7 Å². The maximum atomic E-state index is 3.65. The van der Waals surface area contributed by atoms with E-state index in [-0.39, 0.29) is 0 Å². The monoisotopic (exact) mass is 300 g/mol. The molecule has 132 valence electrons. The van der Waals surface area contributed by atoms with Crippen LogP contribution in [0.4, 0.5) is 0 Å². The van der Waals surface area contributed by atoms with Gasteiger partial charge in [-0.2, -0.15) is 0 Å². The molecule has 0 saturated heterocycles. The standard InChI is InChI=1S/C7H14.C5H10.C3H8.2C2H6.C2H4/c1-4-6-7(3)5-2;1-5-3-2-4-5;1-3-2;3*1-2/h4,7H,1,5-6H2,2-3H3;5H,2-4H2,1H3;3H2,1-2H3;2*1-2H3;1-2H2. The lowest BCUT2D eigenvalue weighted by Gasteiger charge is -2.18. The molecule has 1 aliphatic rings. The van der Waals surface area contributed by atoms with Gasteiger partial charge >= 0.3 is 0 Å². The maximum absolute atomic E-state index is 3.65. The molecule has 1 rings (SSSR count). The molecule has 1 unspecified atom stereocenters. The van der Waals surface area contributed by atoms with Crippen LogP contribution in [0.5, 0.6) is 0 Å². The van der Waals surface area contributed by atoms with Crippen molar-refractivity contribution in [2.45, 2.75) is 101 Å². The highest BCUT2D eigenvalue weighted by molar-refractivity contribution is 4.68. The summed E-state index contributed by atoms with van der Waals surface area (Å²) >= 11 is 0. The Labute approximate surface area is 139 Å². The average molecular weight is 301 g/mol. The second-order valence-corrected chi connectivity index (χ2v) is 4.78. The van der Waals surface area contributed by atoms with Crippen LogP contribution in [-0.4, -0.2) is 0 Å². The van der Waals surface area contributed by atoms with E-state index < -0.39 is 0 Å². The summed E-state index contributed by atoms with van der Waals surface area (Å²) in [7, 11) is 0. The summed E-state index contributed by atoms with van der Waals surface area (Å²) in [4.78, 5) is 0. The van der Waals surface area contributed by atoms with Gasteiger partial charge in [-0.25, -0.2) is 0 Å². The van der Waals surface area contributed by atoms with Crippen molar-refractivity contribution in [3.05, 3.63) is 25.8 Å². The van der Waals surface area contributed by atoms with E-state index in [2.05, 4.69) is 54.4 Å². The van der Waals surface area contributed by atoms with Crippen molar-refractivity contribution in [2.24, 2.45) is 11.8 Å². The van der Waals surface area contributed by atoms with E-state index in [1.807, 2.05) is 33.8 Å². The highest BCUT2D eigenvalue weighted by Gasteiger charge is 2.09. The van der Waals surface area contributed by atoms with Gasteiger partial charge in [-0.05, 0) is 18.3 Å². The first-order valence-corrected chi connectivity index (χ1v) is 9.23. The van der Waals surface area contributed by atoms with Crippen LogP contribution < -0.4 is 0 Å². The lowest BCUT2D eigenvalue weighted by molar-refractivity contribution is 0.346. The van der Waals surface area contributed by atoms with E-state index in [0.29, 0.717) is 0 Å². The largest absolute Gasteiger partial charge is 0.106 e. The Hall–Kier alpha value is -0.520. The minimum Gasteiger partial charge on any atom is -0.106 e. The summed E-state index contributed by atoms with van der Waals surface area (Å²) in [5.74, 6) is 1.90. The molecule has 0 N–H and O–H groups in total. The van der Waals surface area contributed by atoms with Gasteiger partial charge in [-0.3, -0.25) is 0 Å². The van der Waals surface area contributed by atoms with Crippen molar-refractivity contribution in [1.82, 2.24) is 0 Å². The van der Waals surface area contributed by atoms with Crippen molar-refractivity contribution < 1.29 is 0 Å². The van der Waals surface area contributed by atoms with Crippen LogP contribution in [0.25, 0.3) is 0 Å². The summed E-state index contributed by atoms with van der Waals surface area (Å²) in [6.07, 6.45) is 10.1. The summed E-state index contributed by atoms with van der Waals surface area (Å²) in [6.45, 7) is 28.6. The van der Waals surface area contributed by atoms with Crippen LogP contribution in [-0.2, 0) is 0 Å². The van der Waals surface area contributed by atoms with Crippen LogP contribution in [0.2, 0.25) is 0 Å². The number of hydrogen-bond acceptors (Lipinski definition) is 0. The normalized spacial score (nSPS) is 12.2. The Morgan fingerprint density at radius 3 is 1.33 bits per heavy atom. The Balaban J connectivity index is -0.0000000539. The fraction of sp³-hybridized carbons (Fsp3) is 0.810. The number of allylic oxidation sites excluding steroid dienone is 1. The van der Waals surface area contributed by atoms with Gasteiger partial charge < -0.3 is 0 Å². The Morgan fingerprint density at radius 1 is 1.00 bits per heavy atom. The fourth-order valence-corrected chi connectivity index (χ4v) is 1.06. The molecule has 0 amide bonds. The maximum Gasteiger partial charge on any atom is -0.0328 e. The molecule has 0 aromatic carbocycles. The molecule has 1 atom stereocenters. The third-order valence-corrected chi connectivity index (χ3v) is 2.66. The molecule has 1 aliphatic carbocycles. The van der Waals surface area contributed by atoms with E-state index in [1.54, 1.807) is 0 Å². The van der Waals surface area contributed by atoms with Crippen LogP contribution in [0, 0.1) is 11.8 Å². The molecule has 1 fully saturated rings. The lowest BCUT2D eigenvalue weighted by Crippen LogP contribution is -2.04.